The van der Waals surface area contributed by atoms with Crippen molar-refractivity contribution in [3.8, 4) is 0 Å². The van der Waals surface area contributed by atoms with Crippen molar-refractivity contribution in [2.45, 2.75) is 24.6 Å². The number of anilines is 1. The molecule has 2 heterocycles. The lowest BCUT2D eigenvalue weighted by Crippen LogP contribution is -2.54. The largest absolute Gasteiger partial charge is 0.471 e. The minimum atomic E-state index is -4.97. The molecule has 4 rings (SSSR count). The SMILES string of the molecule is CN(C(=O)c1ccc(N2CCOCC2)cc1)[C@@H]1CCN(C(=O)C(F)(F)F)C[C@H]1c1ccc(Cl)c(Cl)c1. The lowest BCUT2D eigenvalue weighted by Gasteiger charge is -2.43. The van der Waals surface area contributed by atoms with E-state index in [2.05, 4.69) is 4.90 Å². The number of alkyl halides is 3. The van der Waals surface area contributed by atoms with E-state index in [9.17, 15) is 22.8 Å². The molecule has 0 aliphatic carbocycles. The molecule has 0 saturated carbocycles. The highest BCUT2D eigenvalue weighted by Gasteiger charge is 2.46. The molecule has 6 nitrogen and oxygen atoms in total. The summed E-state index contributed by atoms with van der Waals surface area (Å²) < 4.78 is 44.8. The minimum Gasteiger partial charge on any atom is -0.378 e. The number of hydrogen-bond acceptors (Lipinski definition) is 4. The summed E-state index contributed by atoms with van der Waals surface area (Å²) in [6.07, 6.45) is -4.79. The number of likely N-dealkylation sites (tertiary alicyclic amines) is 1. The Bertz CT molecular complexity index is 1110. The molecule has 2 aromatic rings. The van der Waals surface area contributed by atoms with Crippen molar-refractivity contribution in [3.05, 3.63) is 63.6 Å². The van der Waals surface area contributed by atoms with Gasteiger partial charge in [-0.05, 0) is 48.4 Å². The number of piperidine rings is 1. The molecule has 2 aliphatic rings. The van der Waals surface area contributed by atoms with Crippen molar-refractivity contribution in [1.29, 1.82) is 0 Å². The van der Waals surface area contributed by atoms with Crippen LogP contribution in [0.15, 0.2) is 42.5 Å². The van der Waals surface area contributed by atoms with Gasteiger partial charge < -0.3 is 19.4 Å². The fourth-order valence-corrected chi connectivity index (χ4v) is 5.13. The molecule has 2 aliphatic heterocycles. The summed E-state index contributed by atoms with van der Waals surface area (Å²) in [5.41, 5.74) is 2.07. The normalized spacial score (nSPS) is 20.8. The molecule has 0 bridgehead atoms. The Balaban J connectivity index is 1.57. The summed E-state index contributed by atoms with van der Waals surface area (Å²) in [5.74, 6) is -2.73. The zero-order valence-electron chi connectivity index (χ0n) is 19.6. The van der Waals surface area contributed by atoms with Gasteiger partial charge in [-0.25, -0.2) is 0 Å². The molecule has 2 atom stereocenters. The van der Waals surface area contributed by atoms with Crippen LogP contribution in [-0.2, 0) is 9.53 Å². The third kappa shape index (κ3) is 5.74. The van der Waals surface area contributed by atoms with Gasteiger partial charge in [0.05, 0.1) is 23.3 Å². The van der Waals surface area contributed by atoms with E-state index in [0.717, 1.165) is 23.7 Å². The maximum absolute atomic E-state index is 13.4. The number of benzene rings is 2. The first-order valence-electron chi connectivity index (χ1n) is 11.6. The summed E-state index contributed by atoms with van der Waals surface area (Å²) in [6.45, 7) is 2.52. The second-order valence-corrected chi connectivity index (χ2v) is 9.76. The Kier molecular flexibility index (Phi) is 8.02. The van der Waals surface area contributed by atoms with Crippen molar-refractivity contribution in [3.63, 3.8) is 0 Å². The second-order valence-electron chi connectivity index (χ2n) is 8.95. The quantitative estimate of drug-likeness (QED) is 0.553. The van der Waals surface area contributed by atoms with Gasteiger partial charge in [0, 0.05) is 56.4 Å². The van der Waals surface area contributed by atoms with Crippen LogP contribution in [0, 0.1) is 0 Å². The first kappa shape index (κ1) is 26.6. The third-order valence-corrected chi connectivity index (χ3v) is 7.53. The Morgan fingerprint density at radius 1 is 1.00 bits per heavy atom. The van der Waals surface area contributed by atoms with E-state index >= 15 is 0 Å². The first-order valence-corrected chi connectivity index (χ1v) is 12.3. The van der Waals surface area contributed by atoms with Gasteiger partial charge in [-0.2, -0.15) is 13.2 Å². The first-order chi connectivity index (χ1) is 17.1. The summed E-state index contributed by atoms with van der Waals surface area (Å²) in [7, 11) is 1.63. The average Bonchev–Trinajstić information content (AvgIpc) is 2.88. The van der Waals surface area contributed by atoms with Crippen LogP contribution >= 0.6 is 23.2 Å². The predicted molar refractivity (Wildman–Crippen MR) is 132 cm³/mol. The van der Waals surface area contributed by atoms with Gasteiger partial charge in [-0.3, -0.25) is 9.59 Å². The van der Waals surface area contributed by atoms with Crippen LogP contribution in [0.25, 0.3) is 0 Å². The van der Waals surface area contributed by atoms with Crippen molar-refractivity contribution < 1.29 is 27.5 Å². The molecule has 0 N–H and O–H groups in total. The van der Waals surface area contributed by atoms with Gasteiger partial charge in [0.1, 0.15) is 0 Å². The van der Waals surface area contributed by atoms with Crippen molar-refractivity contribution >= 4 is 40.7 Å². The van der Waals surface area contributed by atoms with Gasteiger partial charge in [-0.15, -0.1) is 0 Å². The second kappa shape index (κ2) is 10.9. The van der Waals surface area contributed by atoms with Gasteiger partial charge in [0.25, 0.3) is 5.91 Å². The van der Waals surface area contributed by atoms with Crippen LogP contribution in [0.3, 0.4) is 0 Å². The highest BCUT2D eigenvalue weighted by molar-refractivity contribution is 6.42. The standard InChI is InChI=1S/C25H26Cl2F3N3O3/c1-31(23(34)16-2-5-18(6-3-16)32-10-12-36-13-11-32)22-8-9-33(24(35)25(28,29)30)15-19(22)17-4-7-20(26)21(27)14-17/h2-7,14,19,22H,8-13,15H2,1H3/t19-,22+/m0/s1. The average molecular weight is 544 g/mol. The molecule has 2 saturated heterocycles. The van der Waals surface area contributed by atoms with Crippen LogP contribution in [0.1, 0.15) is 28.3 Å². The number of amides is 2. The van der Waals surface area contributed by atoms with E-state index in [4.69, 9.17) is 27.9 Å². The Morgan fingerprint density at radius 2 is 1.67 bits per heavy atom. The summed E-state index contributed by atoms with van der Waals surface area (Å²) in [4.78, 5) is 29.9. The third-order valence-electron chi connectivity index (χ3n) is 6.79. The molecule has 2 aromatic carbocycles. The molecule has 0 radical (unpaired) electrons. The summed E-state index contributed by atoms with van der Waals surface area (Å²) in [5, 5.41) is 0.556. The zero-order chi connectivity index (χ0) is 26.0. The van der Waals surface area contributed by atoms with Crippen molar-refractivity contribution in [2.75, 3.05) is 51.3 Å². The molecular formula is C25H26Cl2F3N3O3. The van der Waals surface area contributed by atoms with Crippen molar-refractivity contribution in [2.24, 2.45) is 0 Å². The minimum absolute atomic E-state index is 0.117. The number of carbonyl (C=O) groups is 2. The topological polar surface area (TPSA) is 53.1 Å². The number of halogens is 5. The van der Waals surface area contributed by atoms with E-state index in [1.165, 1.54) is 0 Å². The molecule has 0 unspecified atom stereocenters. The number of nitrogens with zero attached hydrogens (tertiary/aromatic N) is 3. The van der Waals surface area contributed by atoms with E-state index in [-0.39, 0.29) is 30.4 Å². The van der Waals surface area contributed by atoms with Gasteiger partial charge in [0.2, 0.25) is 0 Å². The van der Waals surface area contributed by atoms with Gasteiger partial charge in [-0.1, -0.05) is 29.3 Å². The van der Waals surface area contributed by atoms with Crippen LogP contribution in [0.2, 0.25) is 10.0 Å². The van der Waals surface area contributed by atoms with E-state index in [1.54, 1.807) is 42.3 Å². The van der Waals surface area contributed by atoms with Crippen LogP contribution in [-0.4, -0.2) is 80.3 Å². The predicted octanol–water partition coefficient (Wildman–Crippen LogP) is 4.85. The van der Waals surface area contributed by atoms with E-state index < -0.39 is 24.0 Å². The molecular weight excluding hydrogens is 518 g/mol. The Labute approximate surface area is 217 Å². The lowest BCUT2D eigenvalue weighted by molar-refractivity contribution is -0.187. The number of rotatable bonds is 4. The number of likely N-dealkylation sites (N-methyl/N-ethyl adjacent to an activating group) is 1. The number of carbonyl (C=O) groups excluding carboxylic acids is 2. The van der Waals surface area contributed by atoms with Crippen LogP contribution < -0.4 is 4.90 Å². The molecule has 2 amide bonds. The highest BCUT2D eigenvalue weighted by atomic mass is 35.5. The highest BCUT2D eigenvalue weighted by Crippen LogP contribution is 2.36. The molecule has 0 aromatic heterocycles. The smallest absolute Gasteiger partial charge is 0.378 e. The number of ether oxygens (including phenoxy) is 1. The summed E-state index contributed by atoms with van der Waals surface area (Å²) >= 11 is 12.2. The van der Waals surface area contributed by atoms with Crippen LogP contribution in [0.5, 0.6) is 0 Å². The molecule has 194 valence electrons. The number of morpholine rings is 1. The lowest BCUT2D eigenvalue weighted by atomic mass is 9.84. The zero-order valence-corrected chi connectivity index (χ0v) is 21.1. The van der Waals surface area contributed by atoms with E-state index in [0.29, 0.717) is 29.4 Å². The molecule has 2 fully saturated rings. The molecule has 11 heteroatoms. The van der Waals surface area contributed by atoms with Crippen LogP contribution in [0.4, 0.5) is 18.9 Å². The van der Waals surface area contributed by atoms with Gasteiger partial charge >= 0.3 is 12.1 Å². The fourth-order valence-electron chi connectivity index (χ4n) is 4.83. The molecule has 36 heavy (non-hydrogen) atoms. The maximum atomic E-state index is 13.4. The monoisotopic (exact) mass is 543 g/mol. The Hall–Kier alpha value is -2.49. The van der Waals surface area contributed by atoms with E-state index in [1.807, 2.05) is 12.1 Å². The number of hydrogen-bond donors (Lipinski definition) is 0. The summed E-state index contributed by atoms with van der Waals surface area (Å²) in [6, 6.07) is 11.6. The Morgan fingerprint density at radius 3 is 2.28 bits per heavy atom. The molecule has 0 spiro atoms. The van der Waals surface area contributed by atoms with Crippen molar-refractivity contribution in [1.82, 2.24) is 9.80 Å². The fraction of sp³-hybridized carbons (Fsp3) is 0.440. The maximum Gasteiger partial charge on any atom is 0.471 e. The van der Waals surface area contributed by atoms with Gasteiger partial charge in [0.15, 0.2) is 0 Å².